The summed E-state index contributed by atoms with van der Waals surface area (Å²) in [7, 11) is 1.51. The molecule has 0 atom stereocenters. The zero-order valence-electron chi connectivity index (χ0n) is 11.5. The van der Waals surface area contributed by atoms with Gasteiger partial charge in [0.05, 0.1) is 23.5 Å². The van der Waals surface area contributed by atoms with E-state index in [9.17, 15) is 4.79 Å². The van der Waals surface area contributed by atoms with Crippen molar-refractivity contribution in [3.05, 3.63) is 51.5 Å². The maximum absolute atomic E-state index is 12.2. The molecule has 0 aliphatic carbocycles. The van der Waals surface area contributed by atoms with Crippen LogP contribution in [0, 0.1) is 6.92 Å². The van der Waals surface area contributed by atoms with Crippen LogP contribution in [0.1, 0.15) is 15.9 Å². The predicted octanol–water partition coefficient (Wildman–Crippen LogP) is 4.14. The van der Waals surface area contributed by atoms with Gasteiger partial charge in [0.15, 0.2) is 0 Å². The number of hydrogen-bond donors (Lipinski definition) is 2. The molecule has 0 radical (unpaired) electrons. The molecule has 3 N–H and O–H groups in total. The molecule has 0 unspecified atom stereocenters. The molecule has 0 fully saturated rings. The Bertz CT molecular complexity index is 702. The largest absolute Gasteiger partial charge is 0.495 e. The van der Waals surface area contributed by atoms with Gasteiger partial charge in [-0.1, -0.05) is 23.2 Å². The average Bonchev–Trinajstić information content (AvgIpc) is 2.45. The molecular weight excluding hydrogens is 311 g/mol. The number of nitrogens with one attached hydrogen (secondary N) is 1. The number of amides is 1. The number of carbonyl (C=O) groups excluding carboxylic acids is 1. The Morgan fingerprint density at radius 1 is 1.19 bits per heavy atom. The van der Waals surface area contributed by atoms with E-state index in [0.29, 0.717) is 32.7 Å². The molecule has 6 heteroatoms. The van der Waals surface area contributed by atoms with E-state index in [4.69, 9.17) is 33.7 Å². The summed E-state index contributed by atoms with van der Waals surface area (Å²) in [5.74, 6) is 0.180. The van der Waals surface area contributed by atoms with Crippen LogP contribution in [0.4, 0.5) is 11.4 Å². The molecule has 0 heterocycles. The molecule has 2 aromatic carbocycles. The van der Waals surface area contributed by atoms with Gasteiger partial charge in [-0.05, 0) is 36.8 Å². The van der Waals surface area contributed by atoms with Crippen LogP contribution in [0.15, 0.2) is 30.3 Å². The first kappa shape index (κ1) is 15.5. The third-order valence-electron chi connectivity index (χ3n) is 2.99. The number of halogens is 2. The Balaban J connectivity index is 2.31. The minimum absolute atomic E-state index is 0.307. The van der Waals surface area contributed by atoms with Crippen LogP contribution in [0.25, 0.3) is 0 Å². The number of nitrogens with two attached hydrogens (primary N) is 1. The highest BCUT2D eigenvalue weighted by atomic mass is 35.5. The van der Waals surface area contributed by atoms with E-state index in [1.165, 1.54) is 13.2 Å². The highest BCUT2D eigenvalue weighted by Gasteiger charge is 2.12. The predicted molar refractivity (Wildman–Crippen MR) is 86.6 cm³/mol. The second-order valence-electron chi connectivity index (χ2n) is 4.49. The summed E-state index contributed by atoms with van der Waals surface area (Å²) < 4.78 is 5.22. The fraction of sp³-hybridized carbons (Fsp3) is 0.133. The minimum Gasteiger partial charge on any atom is -0.495 e. The van der Waals surface area contributed by atoms with E-state index in [-0.39, 0.29) is 5.91 Å². The smallest absolute Gasteiger partial charge is 0.255 e. The van der Waals surface area contributed by atoms with Crippen LogP contribution < -0.4 is 15.8 Å². The SMILES string of the molecule is COc1cc(Cl)c(C)cc1NC(=O)c1ccc(Cl)c(N)c1. The summed E-state index contributed by atoms with van der Waals surface area (Å²) in [6, 6.07) is 8.10. The van der Waals surface area contributed by atoms with Crippen molar-refractivity contribution in [1.29, 1.82) is 0 Å². The van der Waals surface area contributed by atoms with Crippen LogP contribution in [0.3, 0.4) is 0 Å². The van der Waals surface area contributed by atoms with Crippen LogP contribution in [-0.4, -0.2) is 13.0 Å². The second-order valence-corrected chi connectivity index (χ2v) is 5.31. The summed E-state index contributed by atoms with van der Waals surface area (Å²) in [4.78, 5) is 12.2. The van der Waals surface area contributed by atoms with Crippen molar-refractivity contribution >= 4 is 40.5 Å². The van der Waals surface area contributed by atoms with Gasteiger partial charge in [-0.25, -0.2) is 0 Å². The molecule has 0 aliphatic rings. The lowest BCUT2D eigenvalue weighted by Gasteiger charge is -2.12. The molecule has 2 aromatic rings. The highest BCUT2D eigenvalue weighted by Crippen LogP contribution is 2.31. The van der Waals surface area contributed by atoms with Gasteiger partial charge >= 0.3 is 0 Å². The Labute approximate surface area is 132 Å². The average molecular weight is 325 g/mol. The zero-order chi connectivity index (χ0) is 15.6. The number of benzene rings is 2. The third kappa shape index (κ3) is 3.40. The van der Waals surface area contributed by atoms with E-state index >= 15 is 0 Å². The highest BCUT2D eigenvalue weighted by molar-refractivity contribution is 6.33. The summed E-state index contributed by atoms with van der Waals surface area (Å²) in [5, 5.41) is 3.75. The lowest BCUT2D eigenvalue weighted by molar-refractivity contribution is 0.102. The van der Waals surface area contributed by atoms with Crippen molar-refractivity contribution in [2.75, 3.05) is 18.2 Å². The second kappa shape index (κ2) is 6.24. The van der Waals surface area contributed by atoms with Crippen molar-refractivity contribution in [2.45, 2.75) is 6.92 Å². The van der Waals surface area contributed by atoms with Gasteiger partial charge in [-0.15, -0.1) is 0 Å². The minimum atomic E-state index is -0.307. The van der Waals surface area contributed by atoms with Crippen LogP contribution in [0.2, 0.25) is 10.0 Å². The molecule has 0 saturated carbocycles. The first-order valence-corrected chi connectivity index (χ1v) is 6.88. The van der Waals surface area contributed by atoms with Gasteiger partial charge in [0, 0.05) is 16.7 Å². The van der Waals surface area contributed by atoms with E-state index < -0.39 is 0 Å². The fourth-order valence-electron chi connectivity index (χ4n) is 1.81. The molecule has 4 nitrogen and oxygen atoms in total. The zero-order valence-corrected chi connectivity index (χ0v) is 13.0. The molecular formula is C15H14Cl2N2O2. The number of methoxy groups -OCH3 is 1. The van der Waals surface area contributed by atoms with Crippen molar-refractivity contribution in [2.24, 2.45) is 0 Å². The van der Waals surface area contributed by atoms with Crippen molar-refractivity contribution in [3.63, 3.8) is 0 Å². The topological polar surface area (TPSA) is 64.3 Å². The Hall–Kier alpha value is -1.91. The number of hydrogen-bond acceptors (Lipinski definition) is 3. The first-order valence-electron chi connectivity index (χ1n) is 6.13. The maximum atomic E-state index is 12.2. The quantitative estimate of drug-likeness (QED) is 0.834. The molecule has 0 saturated heterocycles. The lowest BCUT2D eigenvalue weighted by Crippen LogP contribution is -2.13. The summed E-state index contributed by atoms with van der Waals surface area (Å²) in [6.07, 6.45) is 0. The Morgan fingerprint density at radius 3 is 2.52 bits per heavy atom. The molecule has 0 aromatic heterocycles. The van der Waals surface area contributed by atoms with Gasteiger partial charge < -0.3 is 15.8 Å². The molecule has 1 amide bonds. The van der Waals surface area contributed by atoms with E-state index in [2.05, 4.69) is 5.32 Å². The van der Waals surface area contributed by atoms with Gasteiger partial charge in [0.2, 0.25) is 0 Å². The Kier molecular flexibility index (Phi) is 4.60. The van der Waals surface area contributed by atoms with Gasteiger partial charge in [0.25, 0.3) is 5.91 Å². The monoisotopic (exact) mass is 324 g/mol. The normalized spacial score (nSPS) is 10.3. The Morgan fingerprint density at radius 2 is 1.90 bits per heavy atom. The standard InChI is InChI=1S/C15H14Cl2N2O2/c1-8-5-13(14(21-2)7-11(8)17)19-15(20)9-3-4-10(16)12(18)6-9/h3-7H,18H2,1-2H3,(H,19,20). The van der Waals surface area contributed by atoms with Crippen molar-refractivity contribution in [3.8, 4) is 5.75 Å². The van der Waals surface area contributed by atoms with Gasteiger partial charge in [-0.3, -0.25) is 4.79 Å². The number of ether oxygens (including phenoxy) is 1. The number of rotatable bonds is 3. The summed E-state index contributed by atoms with van der Waals surface area (Å²) in [5.41, 5.74) is 7.83. The molecule has 0 spiro atoms. The molecule has 21 heavy (non-hydrogen) atoms. The van der Waals surface area contributed by atoms with Crippen LogP contribution in [-0.2, 0) is 0 Å². The third-order valence-corrected chi connectivity index (χ3v) is 3.74. The van der Waals surface area contributed by atoms with Gasteiger partial charge in [0.1, 0.15) is 5.75 Å². The first-order chi connectivity index (χ1) is 9.92. The van der Waals surface area contributed by atoms with Gasteiger partial charge in [-0.2, -0.15) is 0 Å². The molecule has 2 rings (SSSR count). The van der Waals surface area contributed by atoms with Crippen LogP contribution in [0.5, 0.6) is 5.75 Å². The fourth-order valence-corrected chi connectivity index (χ4v) is 2.08. The van der Waals surface area contributed by atoms with E-state index in [1.807, 2.05) is 6.92 Å². The number of nitrogen functional groups attached to an aromatic ring is 1. The summed E-state index contributed by atoms with van der Waals surface area (Å²) >= 11 is 11.9. The van der Waals surface area contributed by atoms with E-state index in [1.54, 1.807) is 24.3 Å². The number of anilines is 2. The number of carbonyl (C=O) groups is 1. The summed E-state index contributed by atoms with van der Waals surface area (Å²) in [6.45, 7) is 1.84. The van der Waals surface area contributed by atoms with Crippen molar-refractivity contribution < 1.29 is 9.53 Å². The van der Waals surface area contributed by atoms with Crippen LogP contribution >= 0.6 is 23.2 Å². The van der Waals surface area contributed by atoms with Crippen molar-refractivity contribution in [1.82, 2.24) is 0 Å². The molecule has 0 aliphatic heterocycles. The molecule has 0 bridgehead atoms. The lowest BCUT2D eigenvalue weighted by atomic mass is 10.1. The van der Waals surface area contributed by atoms with E-state index in [0.717, 1.165) is 5.56 Å². The molecule has 110 valence electrons. The maximum Gasteiger partial charge on any atom is 0.255 e. The number of aryl methyl sites for hydroxylation is 1.